The van der Waals surface area contributed by atoms with E-state index in [4.69, 9.17) is 4.42 Å². The predicted molar refractivity (Wildman–Crippen MR) is 75.1 cm³/mol. The topological polar surface area (TPSA) is 54.3 Å². The molecule has 0 bridgehead atoms. The zero-order valence-electron chi connectivity index (χ0n) is 11.1. The smallest absolute Gasteiger partial charge is 0.291 e. The van der Waals surface area contributed by atoms with Gasteiger partial charge in [0.25, 0.3) is 5.91 Å². The molecule has 0 radical (unpaired) electrons. The normalized spacial score (nSPS) is 10.7. The van der Waals surface area contributed by atoms with Gasteiger partial charge in [-0.1, -0.05) is 26.0 Å². The van der Waals surface area contributed by atoms with Gasteiger partial charge in [-0.3, -0.25) is 4.79 Å². The quantitative estimate of drug-likeness (QED) is 0.866. The molecule has 0 aliphatic carbocycles. The van der Waals surface area contributed by atoms with Gasteiger partial charge in [-0.15, -0.1) is 0 Å². The van der Waals surface area contributed by atoms with Gasteiger partial charge in [0.2, 0.25) is 0 Å². The van der Waals surface area contributed by atoms with Crippen LogP contribution < -0.4 is 10.6 Å². The minimum Gasteiger partial charge on any atom is -0.459 e. The summed E-state index contributed by atoms with van der Waals surface area (Å²) in [6.45, 7) is 5.04. The molecule has 4 nitrogen and oxygen atoms in total. The predicted octanol–water partition coefficient (Wildman–Crippen LogP) is 3.03. The van der Waals surface area contributed by atoms with Crippen molar-refractivity contribution in [3.63, 3.8) is 0 Å². The van der Waals surface area contributed by atoms with Crippen molar-refractivity contribution in [3.05, 3.63) is 54.0 Å². The van der Waals surface area contributed by atoms with Crippen LogP contribution in [0, 0.1) is 0 Å². The van der Waals surface area contributed by atoms with Crippen molar-refractivity contribution in [2.75, 3.05) is 5.32 Å². The summed E-state index contributed by atoms with van der Waals surface area (Å²) in [5.41, 5.74) is 1.94. The van der Waals surface area contributed by atoms with Crippen LogP contribution in [-0.4, -0.2) is 11.9 Å². The monoisotopic (exact) mass is 258 g/mol. The molecule has 0 saturated carbocycles. The molecule has 1 amide bonds. The molecule has 2 rings (SSSR count). The average molecular weight is 258 g/mol. The minimum absolute atomic E-state index is 0.238. The summed E-state index contributed by atoms with van der Waals surface area (Å²) in [6.07, 6.45) is 1.48. The second-order valence-corrected chi connectivity index (χ2v) is 4.66. The fourth-order valence-electron chi connectivity index (χ4n) is 1.63. The standard InChI is InChI=1S/C15H18N2O2/c1-11(2)16-10-12-5-7-13(8-6-12)17-15(18)14-4-3-9-19-14/h3-9,11,16H,10H2,1-2H3,(H,17,18). The van der Waals surface area contributed by atoms with Crippen molar-refractivity contribution < 1.29 is 9.21 Å². The number of hydrogen-bond acceptors (Lipinski definition) is 3. The largest absolute Gasteiger partial charge is 0.459 e. The van der Waals surface area contributed by atoms with Crippen LogP contribution in [0.15, 0.2) is 47.1 Å². The van der Waals surface area contributed by atoms with Crippen molar-refractivity contribution in [3.8, 4) is 0 Å². The first-order valence-corrected chi connectivity index (χ1v) is 6.32. The summed E-state index contributed by atoms with van der Waals surface area (Å²) in [5.74, 6) is 0.0728. The van der Waals surface area contributed by atoms with Crippen LogP contribution in [0.25, 0.3) is 0 Å². The van der Waals surface area contributed by atoms with E-state index in [1.165, 1.54) is 11.8 Å². The number of anilines is 1. The fraction of sp³-hybridized carbons (Fsp3) is 0.267. The summed E-state index contributed by atoms with van der Waals surface area (Å²) in [5, 5.41) is 6.13. The van der Waals surface area contributed by atoms with Crippen molar-refractivity contribution in [2.24, 2.45) is 0 Å². The minimum atomic E-state index is -0.238. The number of hydrogen-bond donors (Lipinski definition) is 2. The maximum absolute atomic E-state index is 11.8. The number of rotatable bonds is 5. The van der Waals surface area contributed by atoms with Gasteiger partial charge in [0, 0.05) is 18.3 Å². The van der Waals surface area contributed by atoms with E-state index in [0.717, 1.165) is 12.2 Å². The van der Waals surface area contributed by atoms with Crippen molar-refractivity contribution in [1.82, 2.24) is 5.32 Å². The Bertz CT molecular complexity index is 516. The van der Waals surface area contributed by atoms with Gasteiger partial charge in [0.05, 0.1) is 6.26 Å². The van der Waals surface area contributed by atoms with Crippen molar-refractivity contribution >= 4 is 11.6 Å². The number of carbonyl (C=O) groups is 1. The van der Waals surface area contributed by atoms with E-state index in [0.29, 0.717) is 11.8 Å². The lowest BCUT2D eigenvalue weighted by Gasteiger charge is -2.09. The Morgan fingerprint density at radius 1 is 1.21 bits per heavy atom. The molecule has 0 aliphatic rings. The van der Waals surface area contributed by atoms with Crippen molar-refractivity contribution in [2.45, 2.75) is 26.4 Å². The molecule has 2 aromatic rings. The van der Waals surface area contributed by atoms with Crippen LogP contribution >= 0.6 is 0 Å². The second kappa shape index (κ2) is 6.20. The highest BCUT2D eigenvalue weighted by atomic mass is 16.3. The Morgan fingerprint density at radius 3 is 2.53 bits per heavy atom. The highest BCUT2D eigenvalue weighted by Gasteiger charge is 2.08. The third kappa shape index (κ3) is 3.96. The number of amides is 1. The Balaban J connectivity index is 1.93. The lowest BCUT2D eigenvalue weighted by atomic mass is 10.2. The van der Waals surface area contributed by atoms with E-state index in [1.54, 1.807) is 12.1 Å². The maximum Gasteiger partial charge on any atom is 0.291 e. The Labute approximate surface area is 112 Å². The van der Waals surface area contributed by atoms with Crippen LogP contribution in [-0.2, 0) is 6.54 Å². The number of furan rings is 1. The molecule has 0 saturated heterocycles. The van der Waals surface area contributed by atoms with E-state index < -0.39 is 0 Å². The molecular weight excluding hydrogens is 240 g/mol. The molecule has 4 heteroatoms. The Kier molecular flexibility index (Phi) is 4.36. The zero-order chi connectivity index (χ0) is 13.7. The first kappa shape index (κ1) is 13.4. The third-order valence-electron chi connectivity index (χ3n) is 2.67. The first-order valence-electron chi connectivity index (χ1n) is 6.32. The first-order chi connectivity index (χ1) is 9.15. The van der Waals surface area contributed by atoms with E-state index in [1.807, 2.05) is 24.3 Å². The molecule has 19 heavy (non-hydrogen) atoms. The summed E-state index contributed by atoms with van der Waals surface area (Å²) in [4.78, 5) is 11.8. The summed E-state index contributed by atoms with van der Waals surface area (Å²) < 4.78 is 5.03. The van der Waals surface area contributed by atoms with Gasteiger partial charge in [-0.25, -0.2) is 0 Å². The van der Waals surface area contributed by atoms with Crippen molar-refractivity contribution in [1.29, 1.82) is 0 Å². The average Bonchev–Trinajstić information content (AvgIpc) is 2.92. The summed E-state index contributed by atoms with van der Waals surface area (Å²) in [6, 6.07) is 11.5. The van der Waals surface area contributed by atoms with Gasteiger partial charge in [0.15, 0.2) is 5.76 Å². The lowest BCUT2D eigenvalue weighted by Crippen LogP contribution is -2.21. The van der Waals surface area contributed by atoms with Crippen LogP contribution in [0.2, 0.25) is 0 Å². The van der Waals surface area contributed by atoms with Crippen LogP contribution in [0.1, 0.15) is 30.0 Å². The molecule has 2 N–H and O–H groups in total. The molecule has 0 atom stereocenters. The Morgan fingerprint density at radius 2 is 1.95 bits per heavy atom. The number of benzene rings is 1. The molecule has 100 valence electrons. The lowest BCUT2D eigenvalue weighted by molar-refractivity contribution is 0.0996. The van der Waals surface area contributed by atoms with E-state index in [-0.39, 0.29) is 5.91 Å². The zero-order valence-corrected chi connectivity index (χ0v) is 11.1. The maximum atomic E-state index is 11.8. The van der Waals surface area contributed by atoms with Gasteiger partial charge in [-0.2, -0.15) is 0 Å². The van der Waals surface area contributed by atoms with E-state index in [2.05, 4.69) is 24.5 Å². The molecule has 1 heterocycles. The highest BCUT2D eigenvalue weighted by Crippen LogP contribution is 2.11. The highest BCUT2D eigenvalue weighted by molar-refractivity contribution is 6.02. The number of nitrogens with one attached hydrogen (secondary N) is 2. The van der Waals surface area contributed by atoms with Crippen LogP contribution in [0.5, 0.6) is 0 Å². The SMILES string of the molecule is CC(C)NCc1ccc(NC(=O)c2ccco2)cc1. The third-order valence-corrected chi connectivity index (χ3v) is 2.67. The molecule has 0 fully saturated rings. The van der Waals surface area contributed by atoms with Crippen LogP contribution in [0.4, 0.5) is 5.69 Å². The molecular formula is C15H18N2O2. The van der Waals surface area contributed by atoms with Gasteiger partial charge < -0.3 is 15.1 Å². The van der Waals surface area contributed by atoms with E-state index >= 15 is 0 Å². The summed E-state index contributed by atoms with van der Waals surface area (Å²) >= 11 is 0. The van der Waals surface area contributed by atoms with Crippen LogP contribution in [0.3, 0.4) is 0 Å². The molecule has 0 spiro atoms. The molecule has 0 aliphatic heterocycles. The summed E-state index contributed by atoms with van der Waals surface area (Å²) in [7, 11) is 0. The van der Waals surface area contributed by atoms with Gasteiger partial charge in [-0.05, 0) is 29.8 Å². The molecule has 1 aromatic carbocycles. The van der Waals surface area contributed by atoms with E-state index in [9.17, 15) is 4.79 Å². The Hall–Kier alpha value is -2.07. The van der Waals surface area contributed by atoms with Gasteiger partial charge >= 0.3 is 0 Å². The molecule has 1 aromatic heterocycles. The molecule has 0 unspecified atom stereocenters. The number of carbonyl (C=O) groups excluding carboxylic acids is 1. The van der Waals surface area contributed by atoms with Gasteiger partial charge in [0.1, 0.15) is 0 Å². The second-order valence-electron chi connectivity index (χ2n) is 4.66. The fourth-order valence-corrected chi connectivity index (χ4v) is 1.63.